The van der Waals surface area contributed by atoms with Gasteiger partial charge in [-0.1, -0.05) is 35.9 Å². The van der Waals surface area contributed by atoms with Gasteiger partial charge in [-0.3, -0.25) is 0 Å². The molecule has 102 valence electrons. The summed E-state index contributed by atoms with van der Waals surface area (Å²) in [4.78, 5) is 0. The Hall–Kier alpha value is -1.04. The van der Waals surface area contributed by atoms with E-state index in [0.29, 0.717) is 16.1 Å². The lowest BCUT2D eigenvalue weighted by atomic mass is 10.2. The molecule has 0 radical (unpaired) electrons. The number of rotatable bonds is 7. The van der Waals surface area contributed by atoms with Crippen LogP contribution < -0.4 is 0 Å². The van der Waals surface area contributed by atoms with Gasteiger partial charge in [-0.25, -0.2) is 0 Å². The first kappa shape index (κ1) is 14.4. The molecule has 0 saturated heterocycles. The Morgan fingerprint density at radius 1 is 1.21 bits per heavy atom. The molecule has 0 bridgehead atoms. The first-order valence-electron chi connectivity index (χ1n) is 6.12. The standard InChI is InChI=1S/C13H15ClN2O2S/c14-11-6-4-5-10(9-11)12-15-16-13(18-12)19-8-3-1-2-7-17/h4-6,9,17H,1-3,7-8H2. The highest BCUT2D eigenvalue weighted by Gasteiger charge is 2.08. The van der Waals surface area contributed by atoms with Crippen molar-refractivity contribution in [2.75, 3.05) is 12.4 Å². The van der Waals surface area contributed by atoms with Crippen molar-refractivity contribution >= 4 is 23.4 Å². The van der Waals surface area contributed by atoms with Crippen LogP contribution in [0.5, 0.6) is 0 Å². The highest BCUT2D eigenvalue weighted by atomic mass is 35.5. The molecular weight excluding hydrogens is 284 g/mol. The van der Waals surface area contributed by atoms with Crippen molar-refractivity contribution in [3.63, 3.8) is 0 Å². The van der Waals surface area contributed by atoms with E-state index < -0.39 is 0 Å². The molecule has 19 heavy (non-hydrogen) atoms. The van der Waals surface area contributed by atoms with Gasteiger partial charge in [0.2, 0.25) is 5.89 Å². The van der Waals surface area contributed by atoms with Crippen molar-refractivity contribution in [1.29, 1.82) is 0 Å². The van der Waals surface area contributed by atoms with Crippen LogP contribution in [0.1, 0.15) is 19.3 Å². The molecule has 0 aliphatic carbocycles. The Kier molecular flexibility index (Phi) is 5.69. The van der Waals surface area contributed by atoms with Gasteiger partial charge in [0.1, 0.15) is 0 Å². The first-order valence-corrected chi connectivity index (χ1v) is 7.49. The van der Waals surface area contributed by atoms with E-state index in [4.69, 9.17) is 21.1 Å². The Morgan fingerprint density at radius 3 is 2.89 bits per heavy atom. The smallest absolute Gasteiger partial charge is 0.276 e. The second kappa shape index (κ2) is 7.53. The lowest BCUT2D eigenvalue weighted by molar-refractivity contribution is 0.284. The summed E-state index contributed by atoms with van der Waals surface area (Å²) in [6.07, 6.45) is 2.89. The lowest BCUT2D eigenvalue weighted by Crippen LogP contribution is -1.85. The van der Waals surface area contributed by atoms with E-state index in [1.165, 1.54) is 11.8 Å². The molecule has 6 heteroatoms. The molecule has 0 aliphatic rings. The monoisotopic (exact) mass is 298 g/mol. The Bertz CT molecular complexity index is 519. The molecule has 0 aliphatic heterocycles. The van der Waals surface area contributed by atoms with Crippen molar-refractivity contribution in [2.45, 2.75) is 24.5 Å². The van der Waals surface area contributed by atoms with Crippen LogP contribution in [0.2, 0.25) is 5.02 Å². The molecule has 0 amide bonds. The topological polar surface area (TPSA) is 59.2 Å². The van der Waals surface area contributed by atoms with Crippen LogP contribution in [-0.4, -0.2) is 27.7 Å². The zero-order valence-electron chi connectivity index (χ0n) is 10.4. The van der Waals surface area contributed by atoms with Crippen molar-refractivity contribution in [3.05, 3.63) is 29.3 Å². The summed E-state index contributed by atoms with van der Waals surface area (Å²) in [6, 6.07) is 7.33. The number of unbranched alkanes of at least 4 members (excludes halogenated alkanes) is 2. The van der Waals surface area contributed by atoms with Crippen LogP contribution in [0.4, 0.5) is 0 Å². The average molecular weight is 299 g/mol. The highest BCUT2D eigenvalue weighted by molar-refractivity contribution is 7.99. The van der Waals surface area contributed by atoms with Gasteiger partial charge in [-0.2, -0.15) is 0 Å². The molecule has 0 saturated carbocycles. The number of aromatic nitrogens is 2. The predicted octanol–water partition coefficient (Wildman–Crippen LogP) is 3.64. The van der Waals surface area contributed by atoms with Gasteiger partial charge in [0.05, 0.1) is 0 Å². The van der Waals surface area contributed by atoms with E-state index in [1.54, 1.807) is 12.1 Å². The second-order valence-corrected chi connectivity index (χ2v) is 5.50. The van der Waals surface area contributed by atoms with Gasteiger partial charge in [0, 0.05) is 22.9 Å². The maximum atomic E-state index is 8.68. The van der Waals surface area contributed by atoms with E-state index in [9.17, 15) is 0 Å². The fraction of sp³-hybridized carbons (Fsp3) is 0.385. The zero-order chi connectivity index (χ0) is 13.5. The van der Waals surface area contributed by atoms with Crippen LogP contribution in [0.25, 0.3) is 11.5 Å². The Balaban J connectivity index is 1.88. The second-order valence-electron chi connectivity index (χ2n) is 4.02. The molecule has 0 spiro atoms. The number of aliphatic hydroxyl groups excluding tert-OH is 1. The quantitative estimate of drug-likeness (QED) is 0.624. The fourth-order valence-corrected chi connectivity index (χ4v) is 2.51. The molecule has 0 unspecified atom stereocenters. The summed E-state index contributed by atoms with van der Waals surface area (Å²) in [7, 11) is 0. The Morgan fingerprint density at radius 2 is 2.11 bits per heavy atom. The van der Waals surface area contributed by atoms with Gasteiger partial charge in [-0.15, -0.1) is 10.2 Å². The van der Waals surface area contributed by atoms with E-state index in [0.717, 1.165) is 30.6 Å². The van der Waals surface area contributed by atoms with Gasteiger partial charge >= 0.3 is 0 Å². The number of aliphatic hydroxyl groups is 1. The maximum absolute atomic E-state index is 8.68. The summed E-state index contributed by atoms with van der Waals surface area (Å²) in [5.74, 6) is 1.40. The fourth-order valence-electron chi connectivity index (χ4n) is 1.56. The molecule has 1 aromatic carbocycles. The van der Waals surface area contributed by atoms with Gasteiger partial charge in [-0.05, 0) is 31.0 Å². The van der Waals surface area contributed by atoms with E-state index in [2.05, 4.69) is 10.2 Å². The van der Waals surface area contributed by atoms with Crippen molar-refractivity contribution < 1.29 is 9.52 Å². The molecule has 1 heterocycles. The molecule has 0 atom stereocenters. The number of nitrogens with zero attached hydrogens (tertiary/aromatic N) is 2. The third-order valence-electron chi connectivity index (χ3n) is 2.51. The van der Waals surface area contributed by atoms with Crippen LogP contribution >= 0.6 is 23.4 Å². The molecule has 0 fully saturated rings. The SMILES string of the molecule is OCCCCCSc1nnc(-c2cccc(Cl)c2)o1. The normalized spacial score (nSPS) is 10.8. The average Bonchev–Trinajstić information content (AvgIpc) is 2.87. The molecule has 1 aromatic heterocycles. The summed E-state index contributed by atoms with van der Waals surface area (Å²) < 4.78 is 5.56. The summed E-state index contributed by atoms with van der Waals surface area (Å²) in [5, 5.41) is 17.9. The number of hydrogen-bond donors (Lipinski definition) is 1. The minimum atomic E-state index is 0.254. The third-order valence-corrected chi connectivity index (χ3v) is 3.65. The molecule has 2 aromatic rings. The predicted molar refractivity (Wildman–Crippen MR) is 76.4 cm³/mol. The van der Waals surface area contributed by atoms with Crippen LogP contribution in [0, 0.1) is 0 Å². The molecular formula is C13H15ClN2O2S. The van der Waals surface area contributed by atoms with Gasteiger partial charge < -0.3 is 9.52 Å². The number of hydrogen-bond acceptors (Lipinski definition) is 5. The molecule has 2 rings (SSSR count). The van der Waals surface area contributed by atoms with Crippen LogP contribution in [0.15, 0.2) is 33.9 Å². The van der Waals surface area contributed by atoms with E-state index in [-0.39, 0.29) is 6.61 Å². The van der Waals surface area contributed by atoms with Crippen LogP contribution in [-0.2, 0) is 0 Å². The summed E-state index contributed by atoms with van der Waals surface area (Å²) in [5.41, 5.74) is 0.826. The number of benzene rings is 1. The van der Waals surface area contributed by atoms with Crippen molar-refractivity contribution in [2.24, 2.45) is 0 Å². The summed E-state index contributed by atoms with van der Waals surface area (Å²) >= 11 is 7.45. The molecule has 4 nitrogen and oxygen atoms in total. The maximum Gasteiger partial charge on any atom is 0.276 e. The first-order chi connectivity index (χ1) is 9.29. The lowest BCUT2D eigenvalue weighted by Gasteiger charge is -1.96. The largest absolute Gasteiger partial charge is 0.411 e. The van der Waals surface area contributed by atoms with Gasteiger partial charge in [0.25, 0.3) is 5.22 Å². The van der Waals surface area contributed by atoms with Crippen molar-refractivity contribution in [1.82, 2.24) is 10.2 Å². The van der Waals surface area contributed by atoms with Crippen molar-refractivity contribution in [3.8, 4) is 11.5 Å². The number of thioether (sulfide) groups is 1. The van der Waals surface area contributed by atoms with E-state index >= 15 is 0 Å². The zero-order valence-corrected chi connectivity index (χ0v) is 12.0. The molecule has 1 N–H and O–H groups in total. The third kappa shape index (κ3) is 4.53. The highest BCUT2D eigenvalue weighted by Crippen LogP contribution is 2.25. The Labute approximate surface area is 121 Å². The van der Waals surface area contributed by atoms with Gasteiger partial charge in [0.15, 0.2) is 0 Å². The van der Waals surface area contributed by atoms with E-state index in [1.807, 2.05) is 12.1 Å². The summed E-state index contributed by atoms with van der Waals surface area (Å²) in [6.45, 7) is 0.254. The number of halogens is 1. The minimum Gasteiger partial charge on any atom is -0.411 e. The minimum absolute atomic E-state index is 0.254. The van der Waals surface area contributed by atoms with Crippen LogP contribution in [0.3, 0.4) is 0 Å².